The van der Waals surface area contributed by atoms with Crippen LogP contribution in [0.5, 0.6) is 0 Å². The number of pyridine rings is 1. The summed E-state index contributed by atoms with van der Waals surface area (Å²) in [5.41, 5.74) is 13.0. The minimum Gasteiger partial charge on any atom is -0.383 e. The molecule has 19 heavy (non-hydrogen) atoms. The van der Waals surface area contributed by atoms with Gasteiger partial charge in [0.05, 0.1) is 5.02 Å². The summed E-state index contributed by atoms with van der Waals surface area (Å²) in [5, 5.41) is 0.578. The largest absolute Gasteiger partial charge is 0.383 e. The van der Waals surface area contributed by atoms with Crippen molar-refractivity contribution in [3.63, 3.8) is 0 Å². The van der Waals surface area contributed by atoms with Gasteiger partial charge < -0.3 is 21.3 Å². The van der Waals surface area contributed by atoms with Gasteiger partial charge in [0.25, 0.3) is 0 Å². The lowest BCUT2D eigenvalue weighted by molar-refractivity contribution is 0.104. The van der Waals surface area contributed by atoms with Gasteiger partial charge in [0.2, 0.25) is 0 Å². The minimum atomic E-state index is -0.134. The average Bonchev–Trinajstić information content (AvgIpc) is 2.36. The second kappa shape index (κ2) is 6.05. The maximum absolute atomic E-state index is 6.28. The van der Waals surface area contributed by atoms with Gasteiger partial charge in [-0.1, -0.05) is 11.6 Å². The Balaban J connectivity index is 2.07. The number of hydrogen-bond donors (Lipinski definition) is 2. The molecule has 2 unspecified atom stereocenters. The number of piperazine rings is 1. The second-order valence-corrected chi connectivity index (χ2v) is 5.80. The summed E-state index contributed by atoms with van der Waals surface area (Å²) in [6.07, 6.45) is 2.40. The first-order chi connectivity index (χ1) is 8.97. The van der Waals surface area contributed by atoms with E-state index in [0.717, 1.165) is 31.6 Å². The van der Waals surface area contributed by atoms with Crippen molar-refractivity contribution in [2.45, 2.75) is 18.5 Å². The van der Waals surface area contributed by atoms with Gasteiger partial charge in [0.15, 0.2) is 0 Å². The number of hydrogen-bond acceptors (Lipinski definition) is 5. The lowest BCUT2D eigenvalue weighted by Gasteiger charge is -2.38. The van der Waals surface area contributed by atoms with Gasteiger partial charge >= 0.3 is 0 Å². The number of likely N-dealkylation sites (N-methyl/N-ethyl adjacent to an activating group) is 2. The average molecular weight is 284 g/mol. The fraction of sp³-hybridized carbons (Fsp3) is 0.615. The van der Waals surface area contributed by atoms with Crippen molar-refractivity contribution in [3.05, 3.63) is 22.8 Å². The van der Waals surface area contributed by atoms with E-state index in [4.69, 9.17) is 23.1 Å². The van der Waals surface area contributed by atoms with Crippen LogP contribution in [0.4, 0.5) is 5.82 Å². The van der Waals surface area contributed by atoms with E-state index in [-0.39, 0.29) is 6.04 Å². The van der Waals surface area contributed by atoms with E-state index < -0.39 is 0 Å². The first kappa shape index (κ1) is 14.5. The minimum absolute atomic E-state index is 0.134. The Morgan fingerprint density at radius 3 is 2.95 bits per heavy atom. The van der Waals surface area contributed by atoms with Gasteiger partial charge in [0.1, 0.15) is 5.82 Å². The van der Waals surface area contributed by atoms with E-state index in [1.54, 1.807) is 6.20 Å². The van der Waals surface area contributed by atoms with Crippen LogP contribution in [0.3, 0.4) is 0 Å². The topological polar surface area (TPSA) is 71.4 Å². The smallest absolute Gasteiger partial charge is 0.128 e. The van der Waals surface area contributed by atoms with Crippen LogP contribution in [-0.4, -0.2) is 54.6 Å². The molecule has 1 saturated heterocycles. The Labute approximate surface area is 119 Å². The van der Waals surface area contributed by atoms with Gasteiger partial charge in [-0.2, -0.15) is 0 Å². The second-order valence-electron chi connectivity index (χ2n) is 5.37. The summed E-state index contributed by atoms with van der Waals surface area (Å²) in [6.45, 7) is 3.19. The highest BCUT2D eigenvalue weighted by Gasteiger charge is 2.25. The summed E-state index contributed by atoms with van der Waals surface area (Å²) >= 11 is 5.96. The number of aromatic nitrogens is 1. The Morgan fingerprint density at radius 1 is 1.47 bits per heavy atom. The van der Waals surface area contributed by atoms with Crippen molar-refractivity contribution in [2.75, 3.05) is 39.5 Å². The molecule has 1 fully saturated rings. The van der Waals surface area contributed by atoms with Crippen LogP contribution < -0.4 is 11.5 Å². The predicted octanol–water partition coefficient (Wildman–Crippen LogP) is 0.953. The van der Waals surface area contributed by atoms with Crippen LogP contribution in [0.15, 0.2) is 12.3 Å². The first-order valence-corrected chi connectivity index (χ1v) is 6.90. The SMILES string of the molecule is CN1CCN(C)C(CC(N)c2cc(Cl)cnc2N)C1. The molecule has 2 rings (SSSR count). The third-order valence-corrected chi connectivity index (χ3v) is 4.03. The monoisotopic (exact) mass is 283 g/mol. The molecule has 0 aliphatic carbocycles. The third-order valence-electron chi connectivity index (χ3n) is 3.82. The molecular weight excluding hydrogens is 262 g/mol. The number of nitrogens with zero attached hydrogens (tertiary/aromatic N) is 3. The van der Waals surface area contributed by atoms with Crippen molar-refractivity contribution in [2.24, 2.45) is 5.73 Å². The molecule has 5 nitrogen and oxygen atoms in total. The molecule has 1 aliphatic heterocycles. The number of nitrogens with two attached hydrogens (primary N) is 2. The Morgan fingerprint density at radius 2 is 2.21 bits per heavy atom. The molecule has 0 bridgehead atoms. The predicted molar refractivity (Wildman–Crippen MR) is 79.1 cm³/mol. The molecule has 0 aromatic carbocycles. The number of halogens is 1. The molecule has 1 aliphatic rings. The van der Waals surface area contributed by atoms with Crippen molar-refractivity contribution >= 4 is 17.4 Å². The van der Waals surface area contributed by atoms with Crippen molar-refractivity contribution in [1.29, 1.82) is 0 Å². The molecular formula is C13H22ClN5. The summed E-state index contributed by atoms with van der Waals surface area (Å²) in [5.74, 6) is 0.476. The third kappa shape index (κ3) is 3.57. The molecule has 2 heterocycles. The van der Waals surface area contributed by atoms with Gasteiger partial charge in [-0.05, 0) is 26.6 Å². The quantitative estimate of drug-likeness (QED) is 0.864. The fourth-order valence-corrected chi connectivity index (χ4v) is 2.70. The zero-order valence-corrected chi connectivity index (χ0v) is 12.3. The van der Waals surface area contributed by atoms with Crippen LogP contribution in [-0.2, 0) is 0 Å². The Kier molecular flexibility index (Phi) is 4.62. The fourth-order valence-electron chi connectivity index (χ4n) is 2.54. The van der Waals surface area contributed by atoms with Crippen LogP contribution >= 0.6 is 11.6 Å². The molecule has 2 atom stereocenters. The van der Waals surface area contributed by atoms with Gasteiger partial charge in [-0.25, -0.2) is 4.98 Å². The maximum Gasteiger partial charge on any atom is 0.128 e. The van der Waals surface area contributed by atoms with Crippen LogP contribution in [0, 0.1) is 0 Å². The van der Waals surface area contributed by atoms with E-state index in [2.05, 4.69) is 28.9 Å². The highest BCUT2D eigenvalue weighted by atomic mass is 35.5. The van der Waals surface area contributed by atoms with Gasteiger partial charge in [0, 0.05) is 43.5 Å². The van der Waals surface area contributed by atoms with Crippen LogP contribution in [0.25, 0.3) is 0 Å². The molecule has 6 heteroatoms. The van der Waals surface area contributed by atoms with E-state index in [9.17, 15) is 0 Å². The molecule has 0 spiro atoms. The van der Waals surface area contributed by atoms with Crippen LogP contribution in [0.1, 0.15) is 18.0 Å². The van der Waals surface area contributed by atoms with Crippen molar-refractivity contribution < 1.29 is 0 Å². The summed E-state index contributed by atoms with van der Waals surface area (Å²) < 4.78 is 0. The van der Waals surface area contributed by atoms with Crippen molar-refractivity contribution in [1.82, 2.24) is 14.8 Å². The summed E-state index contributed by atoms with van der Waals surface area (Å²) in [4.78, 5) is 8.75. The first-order valence-electron chi connectivity index (χ1n) is 6.52. The number of anilines is 1. The maximum atomic E-state index is 6.28. The van der Waals surface area contributed by atoms with E-state index >= 15 is 0 Å². The summed E-state index contributed by atoms with van der Waals surface area (Å²) in [7, 11) is 4.28. The highest BCUT2D eigenvalue weighted by molar-refractivity contribution is 6.30. The van der Waals surface area contributed by atoms with Gasteiger partial charge in [-0.15, -0.1) is 0 Å². The Bertz CT molecular complexity index is 439. The molecule has 4 N–H and O–H groups in total. The zero-order valence-electron chi connectivity index (χ0n) is 11.5. The summed E-state index contributed by atoms with van der Waals surface area (Å²) in [6, 6.07) is 2.12. The Hall–Kier alpha value is -0.880. The lowest BCUT2D eigenvalue weighted by Crippen LogP contribution is -2.50. The van der Waals surface area contributed by atoms with E-state index in [0.29, 0.717) is 16.9 Å². The van der Waals surface area contributed by atoms with Gasteiger partial charge in [-0.3, -0.25) is 0 Å². The number of rotatable bonds is 3. The normalized spacial score (nSPS) is 23.5. The molecule has 0 radical (unpaired) electrons. The number of nitrogen functional groups attached to an aromatic ring is 1. The lowest BCUT2D eigenvalue weighted by atomic mass is 9.98. The van der Waals surface area contributed by atoms with E-state index in [1.807, 2.05) is 6.07 Å². The zero-order chi connectivity index (χ0) is 14.0. The van der Waals surface area contributed by atoms with Crippen LogP contribution in [0.2, 0.25) is 5.02 Å². The molecule has 0 saturated carbocycles. The molecule has 0 amide bonds. The van der Waals surface area contributed by atoms with E-state index in [1.165, 1.54) is 0 Å². The molecule has 106 valence electrons. The molecule has 1 aromatic heterocycles. The standard InChI is InChI=1S/C13H22ClN5/c1-18-3-4-19(2)10(8-18)6-12(15)11-5-9(14)7-17-13(11)16/h5,7,10,12H,3-4,6,8,15H2,1-2H3,(H2,16,17). The highest BCUT2D eigenvalue weighted by Crippen LogP contribution is 2.25. The molecule has 1 aromatic rings. The van der Waals surface area contributed by atoms with Crippen molar-refractivity contribution in [3.8, 4) is 0 Å².